The summed E-state index contributed by atoms with van der Waals surface area (Å²) in [6.07, 6.45) is 5.92. The zero-order chi connectivity index (χ0) is 24.5. The molecule has 0 spiro atoms. The summed E-state index contributed by atoms with van der Waals surface area (Å²) in [5.41, 5.74) is 3.71. The first-order chi connectivity index (χ1) is 16.7. The first-order valence-electron chi connectivity index (χ1n) is 11.6. The van der Waals surface area contributed by atoms with E-state index in [0.717, 1.165) is 35.1 Å². The van der Waals surface area contributed by atoms with E-state index in [4.69, 9.17) is 16.3 Å². The van der Waals surface area contributed by atoms with E-state index in [1.165, 1.54) is 6.07 Å². The van der Waals surface area contributed by atoms with Crippen molar-refractivity contribution in [2.45, 2.75) is 30.8 Å². The highest BCUT2D eigenvalue weighted by Crippen LogP contribution is 2.40. The van der Waals surface area contributed by atoms with Crippen LogP contribution in [0.25, 0.3) is 22.0 Å². The van der Waals surface area contributed by atoms with Crippen molar-refractivity contribution in [2.24, 2.45) is 7.05 Å². The molecule has 1 aliphatic heterocycles. The second kappa shape index (κ2) is 7.85. The largest absolute Gasteiger partial charge is 0.488 e. The number of ether oxygens (including phenoxy) is 1. The number of nitrogens with zero attached hydrogens (tertiary/aromatic N) is 4. The summed E-state index contributed by atoms with van der Waals surface area (Å²) in [5, 5.41) is 5.02. The highest BCUT2D eigenvalue weighted by molar-refractivity contribution is 6.42. The lowest BCUT2D eigenvalue weighted by Gasteiger charge is -2.32. The monoisotopic (exact) mass is 486 g/mol. The Labute approximate surface area is 208 Å². The van der Waals surface area contributed by atoms with Crippen LogP contribution in [0.3, 0.4) is 0 Å². The fraction of sp³-hybridized carbons (Fsp3) is 0.240. The quantitative estimate of drug-likeness (QED) is 0.407. The third-order valence-electron chi connectivity index (χ3n) is 6.88. The van der Waals surface area contributed by atoms with Crippen LogP contribution in [0.1, 0.15) is 34.5 Å². The third kappa shape index (κ3) is 3.60. The highest BCUT2D eigenvalue weighted by Gasteiger charge is 2.44. The maximum absolute atomic E-state index is 15.5. The van der Waals surface area contributed by atoms with E-state index in [1.807, 2.05) is 41.1 Å². The number of halogens is 2. The van der Waals surface area contributed by atoms with Gasteiger partial charge in [-0.25, -0.2) is 4.39 Å². The second-order valence-electron chi connectivity index (χ2n) is 9.76. The van der Waals surface area contributed by atoms with Crippen molar-refractivity contribution in [1.82, 2.24) is 19.7 Å². The Balaban J connectivity index is 1.37. The third-order valence-corrected chi connectivity index (χ3v) is 7.21. The van der Waals surface area contributed by atoms with Gasteiger partial charge in [-0.2, -0.15) is 5.10 Å². The number of amides is 1. The Hall–Kier alpha value is -3.32. The van der Waals surface area contributed by atoms with Crippen molar-refractivity contribution in [3.8, 4) is 16.9 Å². The van der Waals surface area contributed by atoms with Crippen molar-refractivity contribution >= 4 is 44.1 Å². The summed E-state index contributed by atoms with van der Waals surface area (Å²) < 4.78 is 23.3. The minimum absolute atomic E-state index is 0.0452. The lowest BCUT2D eigenvalue weighted by molar-refractivity contribution is 0.0729. The Bertz CT molecular complexity index is 1500. The van der Waals surface area contributed by atoms with Gasteiger partial charge in [-0.05, 0) is 60.4 Å². The van der Waals surface area contributed by atoms with Gasteiger partial charge in [0.05, 0.1) is 17.4 Å². The van der Waals surface area contributed by atoms with Gasteiger partial charge in [-0.1, -0.05) is 11.6 Å². The van der Waals surface area contributed by atoms with Gasteiger partial charge in [-0.3, -0.25) is 14.5 Å². The number of hydrogen-bond donors (Lipinski definition) is 0. The predicted molar refractivity (Wildman–Crippen MR) is 138 cm³/mol. The van der Waals surface area contributed by atoms with Gasteiger partial charge < -0.3 is 9.64 Å². The van der Waals surface area contributed by atoms with Gasteiger partial charge in [0.1, 0.15) is 32.8 Å². The Morgan fingerprint density at radius 2 is 2.03 bits per heavy atom. The lowest BCUT2D eigenvalue weighted by atomic mass is 9.59. The van der Waals surface area contributed by atoms with Crippen LogP contribution in [0.5, 0.6) is 5.75 Å². The number of aryl methyl sites for hydroxylation is 1. The van der Waals surface area contributed by atoms with Crippen molar-refractivity contribution < 1.29 is 13.9 Å². The van der Waals surface area contributed by atoms with Gasteiger partial charge in [0, 0.05) is 47.3 Å². The molecule has 2 aromatic carbocycles. The summed E-state index contributed by atoms with van der Waals surface area (Å²) >= 11 is 6.64. The molecule has 6 rings (SSSR count). The van der Waals surface area contributed by atoms with Crippen LogP contribution < -0.4 is 4.74 Å². The van der Waals surface area contributed by atoms with Crippen LogP contribution >= 0.6 is 11.6 Å². The molecule has 1 saturated carbocycles. The summed E-state index contributed by atoms with van der Waals surface area (Å²) in [7, 11) is 5.67. The van der Waals surface area contributed by atoms with Crippen LogP contribution in [0.4, 0.5) is 4.39 Å². The van der Waals surface area contributed by atoms with E-state index < -0.39 is 11.2 Å². The Morgan fingerprint density at radius 1 is 1.23 bits per heavy atom. The summed E-state index contributed by atoms with van der Waals surface area (Å²) in [4.78, 5) is 19.1. The fourth-order valence-electron chi connectivity index (χ4n) is 4.84. The molecule has 6 nitrogen and oxygen atoms in total. The van der Waals surface area contributed by atoms with E-state index in [0.29, 0.717) is 16.8 Å². The van der Waals surface area contributed by atoms with E-state index in [2.05, 4.69) is 10.1 Å². The van der Waals surface area contributed by atoms with Crippen molar-refractivity contribution in [3.63, 3.8) is 0 Å². The van der Waals surface area contributed by atoms with Crippen LogP contribution in [0.2, 0.25) is 5.02 Å². The minimum Gasteiger partial charge on any atom is -0.488 e. The summed E-state index contributed by atoms with van der Waals surface area (Å²) in [5.74, 6) is 0.0920. The van der Waals surface area contributed by atoms with Crippen LogP contribution in [0.15, 0.2) is 48.8 Å². The Kier molecular flexibility index (Phi) is 4.97. The van der Waals surface area contributed by atoms with E-state index in [9.17, 15) is 4.79 Å². The van der Waals surface area contributed by atoms with Crippen molar-refractivity contribution in [1.29, 1.82) is 0 Å². The molecule has 0 saturated heterocycles. The normalized spacial score (nSPS) is 16.7. The van der Waals surface area contributed by atoms with E-state index >= 15 is 4.39 Å². The van der Waals surface area contributed by atoms with Crippen LogP contribution in [-0.4, -0.2) is 47.4 Å². The van der Waals surface area contributed by atoms with Crippen molar-refractivity contribution in [2.75, 3.05) is 0 Å². The predicted octanol–water partition coefficient (Wildman–Crippen LogP) is 3.00. The minimum atomic E-state index is -0.679. The second-order valence-corrected chi connectivity index (χ2v) is 10.2. The molecule has 2 aliphatic rings. The average molecular weight is 487 g/mol. The molecule has 2 aromatic heterocycles. The van der Waals surface area contributed by atoms with Crippen LogP contribution in [-0.2, 0) is 18.9 Å². The first kappa shape index (κ1) is 22.2. The molecule has 0 N–H and O–H groups in total. The number of carbonyl (C=O) groups is 1. The molecule has 174 valence electrons. The standard InChI is InChI=1S/C25H22B2ClFN4O2/c1-32-11-17-15(6-7-21(22(17)31-32)35-14-4-5-14)13-9-19(28)18(20(29)10-13)12-33-24(34)16-3-2-8-30-23(16)25(33,26)27/h2-3,6-11,14H,4-5,12,26-27H2,1H3. The summed E-state index contributed by atoms with van der Waals surface area (Å²) in [6, 6.07) is 10.5. The van der Waals surface area contributed by atoms with E-state index in [-0.39, 0.29) is 29.1 Å². The number of pyridine rings is 1. The molecular formula is C25H22B2ClFN4O2. The molecule has 3 heterocycles. The topological polar surface area (TPSA) is 60.3 Å². The average Bonchev–Trinajstić information content (AvgIpc) is 3.51. The number of fused-ring (bicyclic) bond motifs is 2. The molecule has 0 bridgehead atoms. The fourth-order valence-corrected chi connectivity index (χ4v) is 5.10. The van der Waals surface area contributed by atoms with E-state index in [1.54, 1.807) is 34.0 Å². The summed E-state index contributed by atoms with van der Waals surface area (Å²) in [6.45, 7) is 0.0452. The van der Waals surface area contributed by atoms with Gasteiger partial charge in [0.25, 0.3) is 5.91 Å². The number of rotatable bonds is 5. The lowest BCUT2D eigenvalue weighted by Crippen LogP contribution is -2.44. The van der Waals surface area contributed by atoms with Gasteiger partial charge in [0.2, 0.25) is 0 Å². The van der Waals surface area contributed by atoms with Gasteiger partial charge >= 0.3 is 0 Å². The maximum atomic E-state index is 15.5. The molecule has 0 atom stereocenters. The van der Waals surface area contributed by atoms with Gasteiger partial charge in [-0.15, -0.1) is 0 Å². The molecular weight excluding hydrogens is 464 g/mol. The molecule has 1 fully saturated rings. The zero-order valence-corrected chi connectivity index (χ0v) is 20.4. The molecule has 1 amide bonds. The van der Waals surface area contributed by atoms with Gasteiger partial charge in [0.15, 0.2) is 0 Å². The molecule has 4 aromatic rings. The first-order valence-corrected chi connectivity index (χ1v) is 12.0. The molecule has 0 unspecified atom stereocenters. The van der Waals surface area contributed by atoms with Crippen molar-refractivity contribution in [3.05, 3.63) is 76.5 Å². The Morgan fingerprint density at radius 3 is 2.74 bits per heavy atom. The number of benzene rings is 2. The zero-order valence-electron chi connectivity index (χ0n) is 19.7. The molecule has 1 aliphatic carbocycles. The number of hydrogen-bond acceptors (Lipinski definition) is 4. The smallest absolute Gasteiger partial charge is 0.255 e. The molecule has 0 radical (unpaired) electrons. The number of carbonyl (C=O) groups excluding carboxylic acids is 1. The SMILES string of the molecule is BC1(B)c2ncccc2C(=O)N1Cc1c(F)cc(-c2ccc(OC3CC3)c3nn(C)cc23)cc1Cl. The molecule has 35 heavy (non-hydrogen) atoms. The molecule has 10 heteroatoms. The number of aromatic nitrogens is 3. The highest BCUT2D eigenvalue weighted by atomic mass is 35.5. The maximum Gasteiger partial charge on any atom is 0.255 e. The van der Waals surface area contributed by atoms with Crippen LogP contribution in [0, 0.1) is 5.82 Å².